The summed E-state index contributed by atoms with van der Waals surface area (Å²) in [7, 11) is 3.52. The van der Waals surface area contributed by atoms with Crippen LogP contribution in [-0.4, -0.2) is 43.3 Å². The third-order valence-corrected chi connectivity index (χ3v) is 4.88. The van der Waals surface area contributed by atoms with Gasteiger partial charge in [-0.25, -0.2) is 0 Å². The van der Waals surface area contributed by atoms with Crippen LogP contribution < -0.4 is 10.1 Å². The fourth-order valence-electron chi connectivity index (χ4n) is 3.28. The summed E-state index contributed by atoms with van der Waals surface area (Å²) >= 11 is 0. The molecule has 6 nitrogen and oxygen atoms in total. The average molecular weight is 484 g/mol. The third kappa shape index (κ3) is 5.37. The molecule has 27 heavy (non-hydrogen) atoms. The first-order chi connectivity index (χ1) is 12.6. The van der Waals surface area contributed by atoms with Gasteiger partial charge in [0.05, 0.1) is 19.3 Å². The van der Waals surface area contributed by atoms with E-state index in [1.54, 1.807) is 7.11 Å². The molecule has 1 aliphatic rings. The highest BCUT2D eigenvalue weighted by molar-refractivity contribution is 14.0. The van der Waals surface area contributed by atoms with E-state index in [9.17, 15) is 0 Å². The Morgan fingerprint density at radius 1 is 1.37 bits per heavy atom. The predicted molar refractivity (Wildman–Crippen MR) is 118 cm³/mol. The molecule has 1 aliphatic heterocycles. The Morgan fingerprint density at radius 3 is 2.70 bits per heavy atom. The van der Waals surface area contributed by atoms with Gasteiger partial charge < -0.3 is 19.5 Å². The van der Waals surface area contributed by atoms with Gasteiger partial charge in [0.2, 0.25) is 0 Å². The molecule has 0 bridgehead atoms. The summed E-state index contributed by atoms with van der Waals surface area (Å²) < 4.78 is 10.6. The molecule has 0 saturated carbocycles. The van der Waals surface area contributed by atoms with E-state index in [-0.39, 0.29) is 24.0 Å². The number of likely N-dealkylation sites (tertiary alicyclic amines) is 1. The Balaban J connectivity index is 0.00000261. The van der Waals surface area contributed by atoms with E-state index in [2.05, 4.69) is 46.3 Å². The SMILES string of the molecule is CN=C(NCc1cc(C(C)C)no1)N1CCC(c2ccc(OC)cc2)C1.I. The van der Waals surface area contributed by atoms with Crippen LogP contribution in [0.1, 0.15) is 49.1 Å². The second-order valence-electron chi connectivity index (χ2n) is 6.98. The highest BCUT2D eigenvalue weighted by Crippen LogP contribution is 2.28. The predicted octanol–water partition coefficient (Wildman–Crippen LogP) is 3.99. The van der Waals surface area contributed by atoms with Crippen LogP contribution in [0.4, 0.5) is 0 Å². The summed E-state index contributed by atoms with van der Waals surface area (Å²) in [5.41, 5.74) is 2.33. The van der Waals surface area contributed by atoms with E-state index in [4.69, 9.17) is 9.26 Å². The van der Waals surface area contributed by atoms with Crippen molar-refractivity contribution in [3.63, 3.8) is 0 Å². The molecule has 1 aromatic carbocycles. The maximum atomic E-state index is 5.40. The minimum Gasteiger partial charge on any atom is -0.497 e. The zero-order valence-electron chi connectivity index (χ0n) is 16.4. The zero-order valence-corrected chi connectivity index (χ0v) is 18.8. The summed E-state index contributed by atoms with van der Waals surface area (Å²) in [6.45, 7) is 6.76. The molecule has 2 aromatic rings. The van der Waals surface area contributed by atoms with Crippen molar-refractivity contribution in [1.29, 1.82) is 0 Å². The molecule has 7 heteroatoms. The van der Waals surface area contributed by atoms with E-state index < -0.39 is 0 Å². The molecule has 1 fully saturated rings. The van der Waals surface area contributed by atoms with Crippen LogP contribution >= 0.6 is 24.0 Å². The number of aliphatic imine (C=N–C) groups is 1. The van der Waals surface area contributed by atoms with Gasteiger partial charge in [-0.3, -0.25) is 4.99 Å². The average Bonchev–Trinajstić information content (AvgIpc) is 3.32. The van der Waals surface area contributed by atoms with E-state index in [0.29, 0.717) is 18.4 Å². The number of hydrogen-bond donors (Lipinski definition) is 1. The molecule has 1 saturated heterocycles. The number of rotatable bonds is 5. The number of hydrogen-bond acceptors (Lipinski definition) is 4. The third-order valence-electron chi connectivity index (χ3n) is 4.88. The standard InChI is InChI=1S/C20H28N4O2.HI/c1-14(2)19-11-18(26-23-19)12-22-20(21-3)24-10-9-16(13-24)15-5-7-17(25-4)8-6-15;/h5-8,11,14,16H,9-10,12-13H2,1-4H3,(H,21,22);1H. The fraction of sp³-hybridized carbons (Fsp3) is 0.500. The van der Waals surface area contributed by atoms with E-state index >= 15 is 0 Å². The molecule has 1 N–H and O–H groups in total. The van der Waals surface area contributed by atoms with Gasteiger partial charge in [0.25, 0.3) is 0 Å². The molecule has 1 aromatic heterocycles. The lowest BCUT2D eigenvalue weighted by molar-refractivity contribution is 0.369. The monoisotopic (exact) mass is 484 g/mol. The highest BCUT2D eigenvalue weighted by Gasteiger charge is 2.26. The van der Waals surface area contributed by atoms with Gasteiger partial charge in [0, 0.05) is 32.1 Å². The summed E-state index contributed by atoms with van der Waals surface area (Å²) in [4.78, 5) is 6.73. The Kier molecular flexibility index (Phi) is 7.94. The van der Waals surface area contributed by atoms with Gasteiger partial charge in [-0.05, 0) is 30.0 Å². The van der Waals surface area contributed by atoms with Crippen LogP contribution in [0.25, 0.3) is 0 Å². The van der Waals surface area contributed by atoms with E-state index in [0.717, 1.165) is 42.7 Å². The summed E-state index contributed by atoms with van der Waals surface area (Å²) in [6, 6.07) is 10.4. The lowest BCUT2D eigenvalue weighted by Gasteiger charge is -2.21. The lowest BCUT2D eigenvalue weighted by Crippen LogP contribution is -2.39. The van der Waals surface area contributed by atoms with Crippen molar-refractivity contribution in [2.75, 3.05) is 27.2 Å². The molecule has 0 amide bonds. The smallest absolute Gasteiger partial charge is 0.194 e. The van der Waals surface area contributed by atoms with E-state index in [1.165, 1.54) is 5.56 Å². The van der Waals surface area contributed by atoms with Crippen LogP contribution in [0.5, 0.6) is 5.75 Å². The maximum absolute atomic E-state index is 5.40. The first kappa shape index (κ1) is 21.5. The zero-order chi connectivity index (χ0) is 18.5. The van der Waals surface area contributed by atoms with Crippen LogP contribution in [-0.2, 0) is 6.54 Å². The van der Waals surface area contributed by atoms with Crippen molar-refractivity contribution in [2.45, 2.75) is 38.6 Å². The quantitative estimate of drug-likeness (QED) is 0.395. The molecule has 2 heterocycles. The number of guanidine groups is 1. The summed E-state index contributed by atoms with van der Waals surface area (Å²) in [5.74, 6) is 3.52. The van der Waals surface area contributed by atoms with E-state index in [1.807, 2.05) is 25.2 Å². The van der Waals surface area contributed by atoms with Crippen molar-refractivity contribution in [1.82, 2.24) is 15.4 Å². The van der Waals surface area contributed by atoms with Crippen LogP contribution in [0, 0.1) is 0 Å². The molecule has 1 atom stereocenters. The second-order valence-corrected chi connectivity index (χ2v) is 6.98. The molecule has 1 unspecified atom stereocenters. The van der Waals surface area contributed by atoms with Crippen molar-refractivity contribution < 1.29 is 9.26 Å². The Morgan fingerprint density at radius 2 is 2.11 bits per heavy atom. The number of methoxy groups -OCH3 is 1. The minimum atomic E-state index is 0. The van der Waals surface area contributed by atoms with Crippen LogP contribution in [0.2, 0.25) is 0 Å². The molecule has 0 spiro atoms. The molecule has 3 rings (SSSR count). The first-order valence-corrected chi connectivity index (χ1v) is 9.15. The summed E-state index contributed by atoms with van der Waals surface area (Å²) in [5, 5.41) is 7.50. The normalized spacial score (nSPS) is 17.1. The van der Waals surface area contributed by atoms with Gasteiger partial charge in [-0.2, -0.15) is 0 Å². The number of benzene rings is 1. The molecule has 0 aliphatic carbocycles. The Hall–Kier alpha value is -1.77. The Bertz CT molecular complexity index is 743. The molecular weight excluding hydrogens is 455 g/mol. The minimum absolute atomic E-state index is 0. The van der Waals surface area contributed by atoms with Crippen LogP contribution in [0.3, 0.4) is 0 Å². The van der Waals surface area contributed by atoms with Gasteiger partial charge in [-0.1, -0.05) is 31.1 Å². The van der Waals surface area contributed by atoms with Crippen molar-refractivity contribution >= 4 is 29.9 Å². The van der Waals surface area contributed by atoms with Gasteiger partial charge in [0.1, 0.15) is 5.75 Å². The summed E-state index contributed by atoms with van der Waals surface area (Å²) in [6.07, 6.45) is 1.12. The molecular formula is C20H29IN4O2. The van der Waals surface area contributed by atoms with Crippen molar-refractivity contribution in [2.24, 2.45) is 4.99 Å². The fourth-order valence-corrected chi connectivity index (χ4v) is 3.28. The number of halogens is 1. The number of ether oxygens (including phenoxy) is 1. The molecule has 0 radical (unpaired) electrons. The number of aromatic nitrogens is 1. The largest absolute Gasteiger partial charge is 0.497 e. The Labute approximate surface area is 178 Å². The van der Waals surface area contributed by atoms with Crippen molar-refractivity contribution in [3.05, 3.63) is 47.3 Å². The van der Waals surface area contributed by atoms with Crippen molar-refractivity contribution in [3.8, 4) is 5.75 Å². The van der Waals surface area contributed by atoms with Gasteiger partial charge in [-0.15, -0.1) is 24.0 Å². The highest BCUT2D eigenvalue weighted by atomic mass is 127. The maximum Gasteiger partial charge on any atom is 0.194 e. The first-order valence-electron chi connectivity index (χ1n) is 9.15. The number of nitrogens with one attached hydrogen (secondary N) is 1. The lowest BCUT2D eigenvalue weighted by atomic mass is 9.98. The van der Waals surface area contributed by atoms with Gasteiger partial charge in [0.15, 0.2) is 11.7 Å². The number of nitrogens with zero attached hydrogens (tertiary/aromatic N) is 3. The topological polar surface area (TPSA) is 62.9 Å². The molecule has 148 valence electrons. The van der Waals surface area contributed by atoms with Crippen LogP contribution in [0.15, 0.2) is 39.8 Å². The van der Waals surface area contributed by atoms with Gasteiger partial charge >= 0.3 is 0 Å². The second kappa shape index (κ2) is 9.96.